The molecule has 5 rings (SSSR count). The van der Waals surface area contributed by atoms with Gasteiger partial charge in [0.1, 0.15) is 6.61 Å². The van der Waals surface area contributed by atoms with Gasteiger partial charge in [0.25, 0.3) is 0 Å². The van der Waals surface area contributed by atoms with Crippen LogP contribution in [-0.2, 0) is 11.2 Å². The largest absolute Gasteiger partial charge is 0.488 e. The summed E-state index contributed by atoms with van der Waals surface area (Å²) in [5.74, 6) is 0.889. The van der Waals surface area contributed by atoms with Crippen LogP contribution in [0.2, 0.25) is 0 Å². The Morgan fingerprint density at radius 1 is 1.14 bits per heavy atom. The predicted molar refractivity (Wildman–Crippen MR) is 140 cm³/mol. The van der Waals surface area contributed by atoms with E-state index in [4.69, 9.17) is 4.74 Å². The van der Waals surface area contributed by atoms with Crippen LogP contribution in [0.3, 0.4) is 0 Å². The molecule has 0 radical (unpaired) electrons. The van der Waals surface area contributed by atoms with Gasteiger partial charge in [0, 0.05) is 11.9 Å². The molecule has 0 bridgehead atoms. The van der Waals surface area contributed by atoms with E-state index >= 15 is 0 Å². The molecule has 2 aliphatic heterocycles. The highest BCUT2D eigenvalue weighted by Gasteiger charge is 2.35. The van der Waals surface area contributed by atoms with Crippen molar-refractivity contribution in [3.63, 3.8) is 0 Å². The molecular formula is C29H41N3O3. The summed E-state index contributed by atoms with van der Waals surface area (Å²) in [5, 5.41) is 11.3. The van der Waals surface area contributed by atoms with Gasteiger partial charge in [0.05, 0.1) is 29.9 Å². The molecule has 35 heavy (non-hydrogen) atoms. The number of ether oxygens (including phenoxy) is 1. The van der Waals surface area contributed by atoms with Crippen molar-refractivity contribution < 1.29 is 14.6 Å². The van der Waals surface area contributed by atoms with Gasteiger partial charge >= 0.3 is 5.97 Å². The Labute approximate surface area is 209 Å². The van der Waals surface area contributed by atoms with Gasteiger partial charge in [-0.25, -0.2) is 0 Å². The topological polar surface area (TPSA) is 65.9 Å². The van der Waals surface area contributed by atoms with E-state index in [-0.39, 0.29) is 11.8 Å². The molecule has 6 heteroatoms. The van der Waals surface area contributed by atoms with Crippen molar-refractivity contribution in [2.75, 3.05) is 44.2 Å². The minimum Gasteiger partial charge on any atom is -0.488 e. The molecule has 2 aromatic rings. The van der Waals surface area contributed by atoms with Gasteiger partial charge in [-0.15, -0.1) is 0 Å². The molecule has 3 heterocycles. The summed E-state index contributed by atoms with van der Waals surface area (Å²) >= 11 is 0. The number of hydrogen-bond acceptors (Lipinski definition) is 5. The van der Waals surface area contributed by atoms with Crippen LogP contribution in [0.5, 0.6) is 5.75 Å². The maximum atomic E-state index is 12.5. The molecule has 1 atom stereocenters. The van der Waals surface area contributed by atoms with Crippen LogP contribution in [0.4, 0.5) is 5.69 Å². The fourth-order valence-electron chi connectivity index (χ4n) is 6.51. The molecule has 1 unspecified atom stereocenters. The van der Waals surface area contributed by atoms with Gasteiger partial charge in [-0.2, -0.15) is 0 Å². The number of carboxylic acids is 1. The molecule has 1 saturated carbocycles. The Balaban J connectivity index is 1.26. The van der Waals surface area contributed by atoms with Crippen molar-refractivity contribution in [3.8, 4) is 5.75 Å². The smallest absolute Gasteiger partial charge is 0.308 e. The predicted octanol–water partition coefficient (Wildman–Crippen LogP) is 5.38. The summed E-state index contributed by atoms with van der Waals surface area (Å²) in [4.78, 5) is 21.9. The lowest BCUT2D eigenvalue weighted by Crippen LogP contribution is -2.45. The van der Waals surface area contributed by atoms with Gasteiger partial charge in [-0.05, 0) is 74.8 Å². The van der Waals surface area contributed by atoms with E-state index in [0.29, 0.717) is 19.7 Å². The molecule has 3 aliphatic rings. The minimum absolute atomic E-state index is 0.226. The number of carboxylic acid groups (broad SMARTS) is 1. The first-order valence-electron chi connectivity index (χ1n) is 13.9. The van der Waals surface area contributed by atoms with E-state index in [1.807, 2.05) is 0 Å². The van der Waals surface area contributed by atoms with Crippen LogP contribution in [0, 0.1) is 17.8 Å². The lowest BCUT2D eigenvalue weighted by molar-refractivity contribution is -0.144. The van der Waals surface area contributed by atoms with E-state index in [1.54, 1.807) is 6.20 Å². The maximum Gasteiger partial charge on any atom is 0.308 e. The number of pyridine rings is 1. The molecule has 1 saturated heterocycles. The van der Waals surface area contributed by atoms with Crippen LogP contribution in [0.15, 0.2) is 24.4 Å². The minimum atomic E-state index is -0.661. The Morgan fingerprint density at radius 3 is 2.69 bits per heavy atom. The first-order valence-corrected chi connectivity index (χ1v) is 13.9. The highest BCUT2D eigenvalue weighted by atomic mass is 16.5. The fourth-order valence-corrected chi connectivity index (χ4v) is 6.51. The number of rotatable bonds is 8. The molecule has 190 valence electrons. The second-order valence-corrected chi connectivity index (χ2v) is 10.9. The Morgan fingerprint density at radius 2 is 1.94 bits per heavy atom. The zero-order chi connectivity index (χ0) is 24.2. The van der Waals surface area contributed by atoms with Gasteiger partial charge < -0.3 is 19.6 Å². The normalized spacial score (nSPS) is 21.0. The van der Waals surface area contributed by atoms with Gasteiger partial charge in [0.15, 0.2) is 5.75 Å². The first kappa shape index (κ1) is 24.4. The van der Waals surface area contributed by atoms with E-state index in [1.165, 1.54) is 50.6 Å². The third-order valence-electron chi connectivity index (χ3n) is 8.73. The van der Waals surface area contributed by atoms with Gasteiger partial charge in [-0.3, -0.25) is 9.78 Å². The van der Waals surface area contributed by atoms with Crippen LogP contribution in [-0.4, -0.2) is 60.3 Å². The average molecular weight is 480 g/mol. The monoisotopic (exact) mass is 479 g/mol. The number of anilines is 1. The summed E-state index contributed by atoms with van der Waals surface area (Å²) in [5.41, 5.74) is 3.22. The third kappa shape index (κ3) is 5.58. The van der Waals surface area contributed by atoms with E-state index in [9.17, 15) is 9.90 Å². The number of fused-ring (bicyclic) bond motifs is 3. The van der Waals surface area contributed by atoms with Crippen molar-refractivity contribution in [2.45, 2.75) is 64.7 Å². The lowest BCUT2D eigenvalue weighted by Gasteiger charge is -2.39. The van der Waals surface area contributed by atoms with Gasteiger partial charge in [-0.1, -0.05) is 45.1 Å². The van der Waals surface area contributed by atoms with Crippen molar-refractivity contribution >= 4 is 22.6 Å². The SMILES string of the molecule is CCc1ccc2ncc3c(c2c1)N(CC(C(=O)O)C1CCN(CCC2CCCCC2)CC1)CCO3. The Bertz CT molecular complexity index is 1010. The molecule has 6 nitrogen and oxygen atoms in total. The first-order chi connectivity index (χ1) is 17.1. The van der Waals surface area contributed by atoms with Crippen molar-refractivity contribution in [1.29, 1.82) is 0 Å². The molecular weight excluding hydrogens is 438 g/mol. The molecule has 1 aliphatic carbocycles. The van der Waals surface area contributed by atoms with Crippen LogP contribution < -0.4 is 9.64 Å². The number of hydrogen-bond donors (Lipinski definition) is 1. The summed E-state index contributed by atoms with van der Waals surface area (Å²) < 4.78 is 5.96. The standard InChI is InChI=1S/C29H41N3O3/c1-2-21-8-9-26-24(18-21)28-27(19-30-26)35-17-16-32(28)20-25(29(33)34)23-11-14-31(15-12-23)13-10-22-6-4-3-5-7-22/h8-9,18-19,22-23,25H,2-7,10-17,20H2,1H3,(H,33,34). The summed E-state index contributed by atoms with van der Waals surface area (Å²) in [7, 11) is 0. The lowest BCUT2D eigenvalue weighted by atomic mass is 9.83. The van der Waals surface area contributed by atoms with Crippen LogP contribution >= 0.6 is 0 Å². The van der Waals surface area contributed by atoms with E-state index in [0.717, 1.165) is 60.6 Å². The zero-order valence-corrected chi connectivity index (χ0v) is 21.3. The molecule has 1 aromatic carbocycles. The summed E-state index contributed by atoms with van der Waals surface area (Å²) in [6, 6.07) is 6.39. The van der Waals surface area contributed by atoms with E-state index < -0.39 is 5.97 Å². The molecule has 0 spiro atoms. The number of aryl methyl sites for hydroxylation is 1. The highest BCUT2D eigenvalue weighted by molar-refractivity contribution is 5.95. The van der Waals surface area contributed by atoms with Crippen molar-refractivity contribution in [1.82, 2.24) is 9.88 Å². The molecule has 0 amide bonds. The fraction of sp³-hybridized carbons (Fsp3) is 0.655. The molecule has 2 fully saturated rings. The quantitative estimate of drug-likeness (QED) is 0.548. The molecule has 1 aromatic heterocycles. The highest BCUT2D eigenvalue weighted by Crippen LogP contribution is 2.39. The Kier molecular flexibility index (Phi) is 7.76. The molecule has 1 N–H and O–H groups in total. The number of aliphatic carboxylic acids is 1. The summed E-state index contributed by atoms with van der Waals surface area (Å²) in [6.45, 7) is 7.23. The number of carbonyl (C=O) groups is 1. The van der Waals surface area contributed by atoms with Crippen molar-refractivity contribution in [2.24, 2.45) is 17.8 Å². The number of benzene rings is 1. The Hall–Kier alpha value is -2.34. The number of nitrogens with zero attached hydrogens (tertiary/aromatic N) is 3. The average Bonchev–Trinajstić information content (AvgIpc) is 2.90. The van der Waals surface area contributed by atoms with Gasteiger partial charge in [0.2, 0.25) is 0 Å². The number of aromatic nitrogens is 1. The van der Waals surface area contributed by atoms with Crippen LogP contribution in [0.1, 0.15) is 63.9 Å². The number of likely N-dealkylation sites (tertiary alicyclic amines) is 1. The van der Waals surface area contributed by atoms with Crippen LogP contribution in [0.25, 0.3) is 10.9 Å². The second-order valence-electron chi connectivity index (χ2n) is 10.9. The summed E-state index contributed by atoms with van der Waals surface area (Å²) in [6.07, 6.45) is 13.1. The maximum absolute atomic E-state index is 12.5. The van der Waals surface area contributed by atoms with Crippen molar-refractivity contribution in [3.05, 3.63) is 30.0 Å². The van der Waals surface area contributed by atoms with E-state index in [2.05, 4.69) is 39.9 Å². The second kappa shape index (κ2) is 11.2. The number of piperidine rings is 1. The third-order valence-corrected chi connectivity index (χ3v) is 8.73. The zero-order valence-electron chi connectivity index (χ0n) is 21.3.